The third-order valence-corrected chi connectivity index (χ3v) is 4.57. The molecule has 8 heteroatoms. The first-order chi connectivity index (χ1) is 11.7. The largest absolute Gasteiger partial charge is 0.406 e. The van der Waals surface area contributed by atoms with Crippen molar-refractivity contribution >= 4 is 16.7 Å². The minimum Gasteiger partial charge on any atom is -0.325 e. The van der Waals surface area contributed by atoms with Crippen LogP contribution in [0.25, 0.3) is 10.8 Å². The topological polar surface area (TPSA) is 55.2 Å². The van der Waals surface area contributed by atoms with E-state index in [9.17, 15) is 22.8 Å². The Bertz CT molecular complexity index is 872. The fraction of sp³-hybridized carbons (Fsp3) is 0.471. The molecule has 1 aromatic heterocycles. The standard InChI is InChI=1S/C17H18F3N3O2/c1-10(11-7-8-11)23(9-17(18,19)20)16(25)14-12-5-3-4-6-13(12)15(24)22(2)21-14/h3-6,10-11H,7-9H2,1-2H3/t10-/m0/s1. The summed E-state index contributed by atoms with van der Waals surface area (Å²) in [6, 6.07) is 5.79. The van der Waals surface area contributed by atoms with Crippen molar-refractivity contribution in [1.82, 2.24) is 14.7 Å². The van der Waals surface area contributed by atoms with Gasteiger partial charge in [-0.3, -0.25) is 9.59 Å². The molecule has 1 amide bonds. The fourth-order valence-electron chi connectivity index (χ4n) is 3.02. The van der Waals surface area contributed by atoms with Crippen molar-refractivity contribution in [3.63, 3.8) is 0 Å². The summed E-state index contributed by atoms with van der Waals surface area (Å²) in [4.78, 5) is 25.9. The summed E-state index contributed by atoms with van der Waals surface area (Å²) < 4.78 is 40.0. The number of aryl methyl sites for hydroxylation is 1. The quantitative estimate of drug-likeness (QED) is 0.849. The Morgan fingerprint density at radius 3 is 2.48 bits per heavy atom. The second kappa shape index (κ2) is 6.16. The van der Waals surface area contributed by atoms with Crippen LogP contribution < -0.4 is 5.56 Å². The lowest BCUT2D eigenvalue weighted by Crippen LogP contribution is -2.46. The van der Waals surface area contributed by atoms with Gasteiger partial charge in [0.2, 0.25) is 0 Å². The van der Waals surface area contributed by atoms with Gasteiger partial charge in [0.15, 0.2) is 5.69 Å². The minimum absolute atomic E-state index is 0.0742. The molecule has 0 saturated heterocycles. The van der Waals surface area contributed by atoms with E-state index in [1.54, 1.807) is 19.1 Å². The third-order valence-electron chi connectivity index (χ3n) is 4.57. The molecule has 0 N–H and O–H groups in total. The summed E-state index contributed by atoms with van der Waals surface area (Å²) in [6.07, 6.45) is -2.89. The summed E-state index contributed by atoms with van der Waals surface area (Å²) in [7, 11) is 1.38. The Kier molecular flexibility index (Phi) is 4.30. The summed E-state index contributed by atoms with van der Waals surface area (Å²) in [5.41, 5.74) is -0.529. The van der Waals surface area contributed by atoms with Gasteiger partial charge < -0.3 is 4.90 Å². The van der Waals surface area contributed by atoms with E-state index >= 15 is 0 Å². The van der Waals surface area contributed by atoms with Gasteiger partial charge in [0.25, 0.3) is 11.5 Å². The van der Waals surface area contributed by atoms with Crippen molar-refractivity contribution in [1.29, 1.82) is 0 Å². The van der Waals surface area contributed by atoms with Crippen LogP contribution in [-0.4, -0.2) is 39.4 Å². The predicted octanol–water partition coefficient (Wildman–Crippen LogP) is 2.74. The Hall–Kier alpha value is -2.38. The fourth-order valence-corrected chi connectivity index (χ4v) is 3.02. The van der Waals surface area contributed by atoms with Crippen LogP contribution in [0, 0.1) is 5.92 Å². The van der Waals surface area contributed by atoms with Gasteiger partial charge in [-0.05, 0) is 31.7 Å². The van der Waals surface area contributed by atoms with E-state index in [2.05, 4.69) is 5.10 Å². The smallest absolute Gasteiger partial charge is 0.325 e. The Labute approximate surface area is 142 Å². The molecular formula is C17H18F3N3O2. The van der Waals surface area contributed by atoms with Crippen LogP contribution in [0.3, 0.4) is 0 Å². The van der Waals surface area contributed by atoms with Crippen LogP contribution in [0.4, 0.5) is 13.2 Å². The maximum absolute atomic E-state index is 13.0. The number of benzene rings is 1. The lowest BCUT2D eigenvalue weighted by atomic mass is 10.1. The third kappa shape index (κ3) is 3.52. The molecule has 0 aliphatic heterocycles. The molecule has 0 bridgehead atoms. The Balaban J connectivity index is 2.09. The second-order valence-electron chi connectivity index (χ2n) is 6.45. The average molecular weight is 353 g/mol. The monoisotopic (exact) mass is 353 g/mol. The molecule has 134 valence electrons. The van der Waals surface area contributed by atoms with E-state index < -0.39 is 30.2 Å². The minimum atomic E-state index is -4.50. The molecule has 5 nitrogen and oxygen atoms in total. The van der Waals surface area contributed by atoms with Gasteiger partial charge >= 0.3 is 6.18 Å². The molecule has 0 unspecified atom stereocenters. The summed E-state index contributed by atoms with van der Waals surface area (Å²) in [5.74, 6) is -0.728. The van der Waals surface area contributed by atoms with Crippen LogP contribution >= 0.6 is 0 Å². The Morgan fingerprint density at radius 1 is 1.32 bits per heavy atom. The number of hydrogen-bond acceptors (Lipinski definition) is 3. The normalized spacial score (nSPS) is 16.0. The van der Waals surface area contributed by atoms with Gasteiger partial charge in [0.05, 0.1) is 5.39 Å². The lowest BCUT2D eigenvalue weighted by Gasteiger charge is -2.30. The number of nitrogens with zero attached hydrogens (tertiary/aromatic N) is 3. The van der Waals surface area contributed by atoms with Gasteiger partial charge in [0, 0.05) is 18.5 Å². The van der Waals surface area contributed by atoms with Crippen molar-refractivity contribution < 1.29 is 18.0 Å². The number of carbonyl (C=O) groups is 1. The molecule has 1 fully saturated rings. The number of hydrogen-bond donors (Lipinski definition) is 0. The Morgan fingerprint density at radius 2 is 1.92 bits per heavy atom. The molecule has 3 rings (SSSR count). The highest BCUT2D eigenvalue weighted by molar-refractivity contribution is 6.04. The summed E-state index contributed by atoms with van der Waals surface area (Å²) in [5, 5.41) is 4.49. The van der Waals surface area contributed by atoms with Crippen LogP contribution in [0.15, 0.2) is 29.1 Å². The molecule has 1 aliphatic rings. The molecule has 1 aromatic carbocycles. The predicted molar refractivity (Wildman–Crippen MR) is 86.3 cm³/mol. The zero-order valence-electron chi connectivity index (χ0n) is 13.9. The zero-order valence-corrected chi connectivity index (χ0v) is 13.9. The number of halogens is 3. The molecule has 25 heavy (non-hydrogen) atoms. The molecule has 1 aliphatic carbocycles. The highest BCUT2D eigenvalue weighted by Crippen LogP contribution is 2.36. The zero-order chi connectivity index (χ0) is 18.4. The maximum atomic E-state index is 13.0. The van der Waals surface area contributed by atoms with E-state index in [0.717, 1.165) is 22.4 Å². The number of alkyl halides is 3. The van der Waals surface area contributed by atoms with Crippen LogP contribution in [0.1, 0.15) is 30.3 Å². The molecular weight excluding hydrogens is 335 g/mol. The van der Waals surface area contributed by atoms with Crippen LogP contribution in [0.2, 0.25) is 0 Å². The first kappa shape index (κ1) is 17.4. The number of carbonyl (C=O) groups excluding carboxylic acids is 1. The van der Waals surface area contributed by atoms with Crippen LogP contribution in [-0.2, 0) is 7.05 Å². The first-order valence-corrected chi connectivity index (χ1v) is 8.03. The molecule has 1 atom stereocenters. The van der Waals surface area contributed by atoms with E-state index in [-0.39, 0.29) is 22.4 Å². The van der Waals surface area contributed by atoms with Crippen molar-refractivity contribution in [2.75, 3.05) is 6.54 Å². The van der Waals surface area contributed by atoms with E-state index in [1.807, 2.05) is 0 Å². The number of aromatic nitrogens is 2. The summed E-state index contributed by atoms with van der Waals surface area (Å²) in [6.45, 7) is 0.299. The van der Waals surface area contributed by atoms with Gasteiger partial charge in [0.1, 0.15) is 6.54 Å². The molecule has 1 saturated carbocycles. The van der Waals surface area contributed by atoms with Gasteiger partial charge in [-0.2, -0.15) is 18.3 Å². The van der Waals surface area contributed by atoms with Crippen LogP contribution in [0.5, 0.6) is 0 Å². The molecule has 0 radical (unpaired) electrons. The average Bonchev–Trinajstić information content (AvgIpc) is 3.39. The van der Waals surface area contributed by atoms with E-state index in [4.69, 9.17) is 0 Å². The first-order valence-electron chi connectivity index (χ1n) is 8.03. The molecule has 2 aromatic rings. The number of amides is 1. The van der Waals surface area contributed by atoms with Gasteiger partial charge in [-0.15, -0.1) is 0 Å². The van der Waals surface area contributed by atoms with Crippen molar-refractivity contribution in [2.45, 2.75) is 32.0 Å². The van der Waals surface area contributed by atoms with Crippen molar-refractivity contribution in [2.24, 2.45) is 13.0 Å². The SMILES string of the molecule is C[C@@H](C1CC1)N(CC(F)(F)F)C(=O)c1nn(C)c(=O)c2ccccc12. The summed E-state index contributed by atoms with van der Waals surface area (Å²) >= 11 is 0. The van der Waals surface area contributed by atoms with Crippen molar-refractivity contribution in [3.8, 4) is 0 Å². The number of rotatable bonds is 4. The number of fused-ring (bicyclic) bond motifs is 1. The van der Waals surface area contributed by atoms with E-state index in [1.165, 1.54) is 19.2 Å². The molecule has 0 spiro atoms. The highest BCUT2D eigenvalue weighted by atomic mass is 19.4. The molecule has 1 heterocycles. The lowest BCUT2D eigenvalue weighted by molar-refractivity contribution is -0.144. The van der Waals surface area contributed by atoms with Crippen molar-refractivity contribution in [3.05, 3.63) is 40.3 Å². The van der Waals surface area contributed by atoms with Gasteiger partial charge in [-0.25, -0.2) is 4.68 Å². The highest BCUT2D eigenvalue weighted by Gasteiger charge is 2.41. The van der Waals surface area contributed by atoms with E-state index in [0.29, 0.717) is 0 Å². The van der Waals surface area contributed by atoms with Gasteiger partial charge in [-0.1, -0.05) is 18.2 Å². The second-order valence-corrected chi connectivity index (χ2v) is 6.45. The maximum Gasteiger partial charge on any atom is 0.406 e.